The van der Waals surface area contributed by atoms with E-state index in [9.17, 15) is 10.1 Å². The van der Waals surface area contributed by atoms with Gasteiger partial charge in [0.1, 0.15) is 5.69 Å². The monoisotopic (exact) mass is 294 g/mol. The normalized spacial score (nSPS) is 20.7. The van der Waals surface area contributed by atoms with Crippen LogP contribution in [-0.4, -0.2) is 44.1 Å². The van der Waals surface area contributed by atoms with Crippen molar-refractivity contribution < 1.29 is 19.1 Å². The molecule has 2 saturated heterocycles. The Morgan fingerprint density at radius 1 is 1.38 bits per heavy atom. The summed E-state index contributed by atoms with van der Waals surface area (Å²) in [4.78, 5) is 13.0. The molecule has 21 heavy (non-hydrogen) atoms. The van der Waals surface area contributed by atoms with Crippen molar-refractivity contribution in [3.05, 3.63) is 28.3 Å². The van der Waals surface area contributed by atoms with Crippen LogP contribution in [0.3, 0.4) is 0 Å². The first kappa shape index (κ1) is 14.1. The topological polar surface area (TPSA) is 74.1 Å². The Bertz CT molecular complexity index is 542. The van der Waals surface area contributed by atoms with E-state index in [4.69, 9.17) is 14.2 Å². The van der Waals surface area contributed by atoms with Crippen molar-refractivity contribution in [2.24, 2.45) is 0 Å². The maximum atomic E-state index is 11.4. The van der Waals surface area contributed by atoms with E-state index in [0.29, 0.717) is 25.4 Å². The Morgan fingerprint density at radius 3 is 2.81 bits per heavy atom. The van der Waals surface area contributed by atoms with Crippen LogP contribution in [0.15, 0.2) is 18.2 Å². The van der Waals surface area contributed by atoms with Gasteiger partial charge in [-0.1, -0.05) is 6.07 Å². The van der Waals surface area contributed by atoms with Crippen molar-refractivity contribution in [1.82, 2.24) is 0 Å². The molecule has 0 aliphatic carbocycles. The number of nitro groups is 1. The van der Waals surface area contributed by atoms with Gasteiger partial charge in [0.15, 0.2) is 11.5 Å². The van der Waals surface area contributed by atoms with Gasteiger partial charge in [-0.25, -0.2) is 0 Å². The minimum absolute atomic E-state index is 0.00459. The van der Waals surface area contributed by atoms with Crippen LogP contribution in [0, 0.1) is 10.1 Å². The third-order valence-corrected chi connectivity index (χ3v) is 3.95. The van der Waals surface area contributed by atoms with E-state index < -0.39 is 10.7 Å². The molecule has 0 aromatic heterocycles. The fraction of sp³-hybridized carbons (Fsp3) is 0.571. The number of piperidine rings is 1. The molecule has 2 heterocycles. The first-order valence-corrected chi connectivity index (χ1v) is 6.99. The fourth-order valence-corrected chi connectivity index (χ4v) is 3.04. The van der Waals surface area contributed by atoms with Gasteiger partial charge in [0.05, 0.1) is 31.8 Å². The van der Waals surface area contributed by atoms with Crippen LogP contribution < -0.4 is 9.64 Å². The molecular formula is C14H18N2O5. The number of para-hydroxylation sites is 1. The molecule has 1 aromatic carbocycles. The number of methoxy groups -OCH3 is 1. The van der Waals surface area contributed by atoms with Gasteiger partial charge in [0, 0.05) is 13.0 Å². The largest absolute Gasteiger partial charge is 0.490 e. The molecule has 0 bridgehead atoms. The highest BCUT2D eigenvalue weighted by atomic mass is 16.7. The maximum Gasteiger partial charge on any atom is 0.333 e. The summed E-state index contributed by atoms with van der Waals surface area (Å²) in [5.74, 6) is -0.347. The lowest BCUT2D eigenvalue weighted by atomic mass is 10.0. The van der Waals surface area contributed by atoms with E-state index in [1.54, 1.807) is 18.2 Å². The summed E-state index contributed by atoms with van der Waals surface area (Å²) >= 11 is 0. The van der Waals surface area contributed by atoms with Crippen molar-refractivity contribution in [2.45, 2.75) is 18.6 Å². The van der Waals surface area contributed by atoms with Crippen molar-refractivity contribution in [3.63, 3.8) is 0 Å². The van der Waals surface area contributed by atoms with Gasteiger partial charge in [-0.2, -0.15) is 0 Å². The molecule has 0 N–H and O–H groups in total. The lowest BCUT2D eigenvalue weighted by Gasteiger charge is -2.39. The van der Waals surface area contributed by atoms with Crippen LogP contribution >= 0.6 is 0 Å². The summed E-state index contributed by atoms with van der Waals surface area (Å²) in [7, 11) is 1.44. The van der Waals surface area contributed by atoms with Crippen molar-refractivity contribution in [1.29, 1.82) is 0 Å². The van der Waals surface area contributed by atoms with E-state index in [-0.39, 0.29) is 11.4 Å². The smallest absolute Gasteiger partial charge is 0.333 e. The molecule has 0 amide bonds. The van der Waals surface area contributed by atoms with Crippen LogP contribution in [0.4, 0.5) is 11.4 Å². The molecule has 2 aliphatic heterocycles. The predicted molar refractivity (Wildman–Crippen MR) is 75.7 cm³/mol. The van der Waals surface area contributed by atoms with Crippen LogP contribution in [0.5, 0.6) is 5.75 Å². The number of nitro benzene ring substituents is 1. The van der Waals surface area contributed by atoms with Crippen LogP contribution in [0.1, 0.15) is 12.8 Å². The summed E-state index contributed by atoms with van der Waals surface area (Å²) in [6.45, 7) is 2.39. The van der Waals surface area contributed by atoms with Crippen LogP contribution in [0.25, 0.3) is 0 Å². The highest BCUT2D eigenvalue weighted by Crippen LogP contribution is 2.40. The quantitative estimate of drug-likeness (QED) is 0.626. The molecule has 0 atom stereocenters. The Kier molecular flexibility index (Phi) is 3.69. The third-order valence-electron chi connectivity index (χ3n) is 3.95. The zero-order valence-corrected chi connectivity index (χ0v) is 11.9. The van der Waals surface area contributed by atoms with E-state index >= 15 is 0 Å². The number of rotatable bonds is 3. The third kappa shape index (κ3) is 2.54. The number of ether oxygens (including phenoxy) is 3. The summed E-state index contributed by atoms with van der Waals surface area (Å²) in [6.07, 6.45) is 1.69. The minimum Gasteiger partial charge on any atom is -0.490 e. The molecule has 2 aliphatic rings. The Hall–Kier alpha value is -1.86. The predicted octanol–water partition coefficient (Wildman–Crippen LogP) is 1.95. The summed E-state index contributed by atoms with van der Waals surface area (Å²) in [5.41, 5.74) is 0.549. The second-order valence-electron chi connectivity index (χ2n) is 5.22. The first-order valence-electron chi connectivity index (χ1n) is 6.99. The number of hydrogen-bond donors (Lipinski definition) is 0. The van der Waals surface area contributed by atoms with Gasteiger partial charge < -0.3 is 19.1 Å². The molecule has 1 aromatic rings. The molecular weight excluding hydrogens is 276 g/mol. The van der Waals surface area contributed by atoms with Crippen LogP contribution in [-0.2, 0) is 9.47 Å². The minimum atomic E-state index is -0.616. The SMILES string of the molecule is COc1cccc(N2CCCC3(C2)OCCO3)c1[N+](=O)[O-]. The molecule has 0 unspecified atom stereocenters. The van der Waals surface area contributed by atoms with Crippen molar-refractivity contribution >= 4 is 11.4 Å². The number of anilines is 1. The van der Waals surface area contributed by atoms with Crippen LogP contribution in [0.2, 0.25) is 0 Å². The Labute approximate surface area is 122 Å². The average Bonchev–Trinajstić information content (AvgIpc) is 2.94. The average molecular weight is 294 g/mol. The molecule has 0 saturated carbocycles. The second-order valence-corrected chi connectivity index (χ2v) is 5.22. The second kappa shape index (κ2) is 5.50. The molecule has 114 valence electrons. The Balaban J connectivity index is 1.94. The van der Waals surface area contributed by atoms with Gasteiger partial charge in [0.25, 0.3) is 0 Å². The Morgan fingerprint density at radius 2 is 2.14 bits per heavy atom. The van der Waals surface area contributed by atoms with Gasteiger partial charge in [-0.3, -0.25) is 10.1 Å². The zero-order chi connectivity index (χ0) is 14.9. The van der Waals surface area contributed by atoms with E-state index in [1.165, 1.54) is 7.11 Å². The molecule has 7 heteroatoms. The fourth-order valence-electron chi connectivity index (χ4n) is 3.04. The lowest BCUT2D eigenvalue weighted by molar-refractivity contribution is -0.385. The summed E-state index contributed by atoms with van der Waals surface area (Å²) in [5, 5.41) is 11.4. The van der Waals surface area contributed by atoms with Gasteiger partial charge in [0.2, 0.25) is 0 Å². The highest BCUT2D eigenvalue weighted by Gasteiger charge is 2.42. The van der Waals surface area contributed by atoms with Gasteiger partial charge in [-0.05, 0) is 18.6 Å². The zero-order valence-electron chi connectivity index (χ0n) is 11.9. The van der Waals surface area contributed by atoms with Gasteiger partial charge in [-0.15, -0.1) is 0 Å². The van der Waals surface area contributed by atoms with E-state index in [2.05, 4.69) is 0 Å². The standard InChI is InChI=1S/C14H18N2O5/c1-19-12-5-2-4-11(13(12)16(17)18)15-7-3-6-14(10-15)20-8-9-21-14/h2,4-5H,3,6-10H2,1H3. The van der Waals surface area contributed by atoms with Gasteiger partial charge >= 0.3 is 5.69 Å². The molecule has 0 radical (unpaired) electrons. The lowest BCUT2D eigenvalue weighted by Crippen LogP contribution is -2.49. The molecule has 2 fully saturated rings. The number of benzene rings is 1. The summed E-state index contributed by atoms with van der Waals surface area (Å²) in [6, 6.07) is 5.11. The maximum absolute atomic E-state index is 11.4. The number of hydrogen-bond acceptors (Lipinski definition) is 6. The molecule has 3 rings (SSSR count). The molecule has 1 spiro atoms. The highest BCUT2D eigenvalue weighted by molar-refractivity contribution is 5.70. The van der Waals surface area contributed by atoms with Crippen molar-refractivity contribution in [3.8, 4) is 5.75 Å². The number of nitrogens with zero attached hydrogens (tertiary/aromatic N) is 2. The van der Waals surface area contributed by atoms with E-state index in [1.807, 2.05) is 4.90 Å². The van der Waals surface area contributed by atoms with E-state index in [0.717, 1.165) is 19.4 Å². The van der Waals surface area contributed by atoms with Crippen molar-refractivity contribution in [2.75, 3.05) is 38.3 Å². The first-order chi connectivity index (χ1) is 10.2. The summed E-state index contributed by atoms with van der Waals surface area (Å²) < 4.78 is 16.6. The molecule has 7 nitrogen and oxygen atoms in total.